The largest absolute Gasteiger partial charge is 0.381 e. The van der Waals surface area contributed by atoms with E-state index < -0.39 is 9.84 Å². The Morgan fingerprint density at radius 2 is 2.00 bits per heavy atom. The van der Waals surface area contributed by atoms with Crippen LogP contribution in [0.15, 0.2) is 34.2 Å². The monoisotopic (exact) mass is 467 g/mol. The van der Waals surface area contributed by atoms with Gasteiger partial charge in [0.05, 0.1) is 34.3 Å². The van der Waals surface area contributed by atoms with Gasteiger partial charge in [-0.25, -0.2) is 8.42 Å². The lowest BCUT2D eigenvalue weighted by Gasteiger charge is -2.23. The number of aliphatic imine (C=N–C) groups is 1. The van der Waals surface area contributed by atoms with Crippen molar-refractivity contribution in [2.24, 2.45) is 10.9 Å². The van der Waals surface area contributed by atoms with Crippen molar-refractivity contribution in [3.63, 3.8) is 0 Å². The normalized spacial score (nSPS) is 20.3. The number of nitrogens with one attached hydrogen (secondary N) is 1. The van der Waals surface area contributed by atoms with Crippen molar-refractivity contribution in [3.05, 3.63) is 41.2 Å². The fourth-order valence-electron chi connectivity index (χ4n) is 4.64. The van der Waals surface area contributed by atoms with Gasteiger partial charge >= 0.3 is 0 Å². The lowest BCUT2D eigenvalue weighted by molar-refractivity contribution is -0.119. The standard InChI is InChI=1S/C25H29N3O4S/c1-15-10-21-25(26-15)22(12-19(27-21)13-23(29)16-5-6-16)28-20-8-7-17(11-24(20)33(2,30)31)18-4-3-9-32-14-18/h7-8,11-12,16,18H,3-6,9-10,13-14H2,1-2H3,(H,27,28)/t18-/m1/s1. The summed E-state index contributed by atoms with van der Waals surface area (Å²) in [6.45, 7) is 3.32. The van der Waals surface area contributed by atoms with Crippen LogP contribution < -0.4 is 5.32 Å². The molecule has 1 aromatic heterocycles. The average Bonchev–Trinajstić information content (AvgIpc) is 3.56. The number of hydrogen-bond donors (Lipinski definition) is 1. The lowest BCUT2D eigenvalue weighted by Crippen LogP contribution is -2.16. The molecule has 2 fully saturated rings. The number of sulfone groups is 1. The summed E-state index contributed by atoms with van der Waals surface area (Å²) in [5.41, 5.74) is 5.37. The van der Waals surface area contributed by atoms with Gasteiger partial charge in [-0.15, -0.1) is 0 Å². The molecule has 1 aliphatic carbocycles. The van der Waals surface area contributed by atoms with E-state index in [1.165, 1.54) is 6.26 Å². The Hall–Kier alpha value is -2.58. The van der Waals surface area contributed by atoms with E-state index in [4.69, 9.17) is 9.72 Å². The van der Waals surface area contributed by atoms with Crippen molar-refractivity contribution >= 4 is 38.4 Å². The molecule has 2 aliphatic heterocycles. The minimum absolute atomic E-state index is 0.169. The van der Waals surface area contributed by atoms with Crippen molar-refractivity contribution in [2.45, 2.75) is 56.3 Å². The van der Waals surface area contributed by atoms with Gasteiger partial charge in [-0.3, -0.25) is 14.8 Å². The molecular formula is C25H29N3O4S. The highest BCUT2D eigenvalue weighted by molar-refractivity contribution is 7.90. The molecule has 1 aromatic carbocycles. The molecule has 5 rings (SSSR count). The van der Waals surface area contributed by atoms with Crippen molar-refractivity contribution in [1.29, 1.82) is 0 Å². The number of carbonyl (C=O) groups excluding carboxylic acids is 1. The summed E-state index contributed by atoms with van der Waals surface area (Å²) in [6.07, 6.45) is 6.05. The van der Waals surface area contributed by atoms with Gasteiger partial charge in [0.15, 0.2) is 9.84 Å². The molecule has 1 N–H and O–H groups in total. The molecule has 0 spiro atoms. The first-order chi connectivity index (χ1) is 15.8. The van der Waals surface area contributed by atoms with E-state index in [0.29, 0.717) is 36.5 Å². The molecule has 1 saturated carbocycles. The van der Waals surface area contributed by atoms with Crippen LogP contribution in [-0.4, -0.2) is 44.4 Å². The van der Waals surface area contributed by atoms with Crippen LogP contribution in [-0.2, 0) is 32.2 Å². The van der Waals surface area contributed by atoms with Gasteiger partial charge < -0.3 is 10.1 Å². The van der Waals surface area contributed by atoms with Crippen LogP contribution in [0.25, 0.3) is 0 Å². The third-order valence-corrected chi connectivity index (χ3v) is 7.67. The van der Waals surface area contributed by atoms with Gasteiger partial charge in [-0.05, 0) is 56.4 Å². The van der Waals surface area contributed by atoms with Crippen molar-refractivity contribution in [2.75, 3.05) is 24.8 Å². The number of benzene rings is 1. The topological polar surface area (TPSA) is 97.7 Å². The summed E-state index contributed by atoms with van der Waals surface area (Å²) < 4.78 is 31.0. The van der Waals surface area contributed by atoms with Gasteiger partial charge in [0.1, 0.15) is 11.5 Å². The lowest BCUT2D eigenvalue weighted by atomic mass is 9.93. The number of pyridine rings is 1. The quantitative estimate of drug-likeness (QED) is 0.652. The van der Waals surface area contributed by atoms with E-state index in [2.05, 4.69) is 10.3 Å². The molecule has 0 amide bonds. The number of ketones is 1. The second-order valence-electron chi connectivity index (χ2n) is 9.46. The Kier molecular flexibility index (Phi) is 5.82. The number of aromatic nitrogens is 1. The number of hydrogen-bond acceptors (Lipinski definition) is 7. The second-order valence-corrected chi connectivity index (χ2v) is 11.4. The number of anilines is 2. The molecule has 3 heterocycles. The van der Waals surface area contributed by atoms with E-state index in [0.717, 1.165) is 54.9 Å². The Bertz CT molecular complexity index is 1240. The second kappa shape index (κ2) is 8.65. The predicted octanol–water partition coefficient (Wildman–Crippen LogP) is 4.29. The average molecular weight is 468 g/mol. The highest BCUT2D eigenvalue weighted by Gasteiger charge is 2.30. The van der Waals surface area contributed by atoms with Crippen LogP contribution >= 0.6 is 0 Å². The minimum atomic E-state index is -3.48. The molecule has 3 aliphatic rings. The third kappa shape index (κ3) is 4.87. The van der Waals surface area contributed by atoms with E-state index in [1.54, 1.807) is 6.07 Å². The summed E-state index contributed by atoms with van der Waals surface area (Å²) in [5.74, 6) is 0.591. The van der Waals surface area contributed by atoms with Crippen LogP contribution in [0.3, 0.4) is 0 Å². The van der Waals surface area contributed by atoms with Crippen molar-refractivity contribution < 1.29 is 17.9 Å². The Labute approximate surface area is 194 Å². The van der Waals surface area contributed by atoms with E-state index in [9.17, 15) is 13.2 Å². The van der Waals surface area contributed by atoms with Crippen LogP contribution in [0.1, 0.15) is 55.5 Å². The number of carbonyl (C=O) groups is 1. The molecule has 2 aromatic rings. The zero-order valence-corrected chi connectivity index (χ0v) is 19.9. The van der Waals surface area contributed by atoms with Gasteiger partial charge in [0.2, 0.25) is 0 Å². The fourth-order valence-corrected chi connectivity index (χ4v) is 5.50. The van der Waals surface area contributed by atoms with Crippen molar-refractivity contribution in [3.8, 4) is 0 Å². The third-order valence-electron chi connectivity index (χ3n) is 6.54. The maximum Gasteiger partial charge on any atom is 0.177 e. The van der Waals surface area contributed by atoms with Gasteiger partial charge in [-0.2, -0.15) is 0 Å². The van der Waals surface area contributed by atoms with Crippen LogP contribution in [0.4, 0.5) is 17.1 Å². The maximum absolute atomic E-state index is 12.7. The Morgan fingerprint density at radius 1 is 1.18 bits per heavy atom. The van der Waals surface area contributed by atoms with Crippen LogP contribution in [0, 0.1) is 5.92 Å². The number of nitrogens with zero attached hydrogens (tertiary/aromatic N) is 2. The first-order valence-electron chi connectivity index (χ1n) is 11.6. The summed E-state index contributed by atoms with van der Waals surface area (Å²) in [5, 5.41) is 3.32. The van der Waals surface area contributed by atoms with E-state index in [1.807, 2.05) is 25.1 Å². The zero-order valence-electron chi connectivity index (χ0n) is 19.1. The Balaban J connectivity index is 1.51. The number of fused-ring (bicyclic) bond motifs is 1. The number of Topliss-reactive ketones (excluding diaryl/α,β-unsaturated/α-hetero) is 1. The van der Waals surface area contributed by atoms with Gasteiger partial charge in [0.25, 0.3) is 0 Å². The first-order valence-corrected chi connectivity index (χ1v) is 13.5. The first kappa shape index (κ1) is 22.2. The minimum Gasteiger partial charge on any atom is -0.381 e. The van der Waals surface area contributed by atoms with Crippen molar-refractivity contribution in [1.82, 2.24) is 4.98 Å². The molecule has 1 saturated heterocycles. The molecule has 0 unspecified atom stereocenters. The molecule has 33 heavy (non-hydrogen) atoms. The molecule has 174 valence electrons. The molecular weight excluding hydrogens is 438 g/mol. The molecule has 0 radical (unpaired) electrons. The Morgan fingerprint density at radius 3 is 2.70 bits per heavy atom. The molecule has 1 atom stereocenters. The SMILES string of the molecule is CC1=Nc2c(Nc3ccc([C@@H]4CCCOC4)cc3S(C)(=O)=O)cc(CC(=O)C3CC3)nc2C1. The van der Waals surface area contributed by atoms with Gasteiger partial charge in [0, 0.05) is 43.3 Å². The summed E-state index contributed by atoms with van der Waals surface area (Å²) >= 11 is 0. The molecule has 7 nitrogen and oxygen atoms in total. The smallest absolute Gasteiger partial charge is 0.177 e. The summed E-state index contributed by atoms with van der Waals surface area (Å²) in [4.78, 5) is 22.0. The highest BCUT2D eigenvalue weighted by atomic mass is 32.2. The van der Waals surface area contributed by atoms with E-state index >= 15 is 0 Å². The fraction of sp³-hybridized carbons (Fsp3) is 0.480. The summed E-state index contributed by atoms with van der Waals surface area (Å²) in [7, 11) is -3.48. The highest BCUT2D eigenvalue weighted by Crippen LogP contribution is 2.39. The van der Waals surface area contributed by atoms with Gasteiger partial charge in [-0.1, -0.05) is 6.07 Å². The number of ether oxygens (including phenoxy) is 1. The van der Waals surface area contributed by atoms with Crippen LogP contribution in [0.5, 0.6) is 0 Å². The van der Waals surface area contributed by atoms with E-state index in [-0.39, 0.29) is 22.5 Å². The van der Waals surface area contributed by atoms with Crippen LogP contribution in [0.2, 0.25) is 0 Å². The zero-order chi connectivity index (χ0) is 23.2. The molecule has 0 bridgehead atoms. The molecule has 8 heteroatoms. The summed E-state index contributed by atoms with van der Waals surface area (Å²) in [6, 6.07) is 7.41. The maximum atomic E-state index is 12.7. The predicted molar refractivity (Wildman–Crippen MR) is 128 cm³/mol. The number of rotatable bonds is 7.